The minimum atomic E-state index is 0.266. The van der Waals surface area contributed by atoms with Crippen molar-refractivity contribution in [1.29, 1.82) is 0 Å². The Kier molecular flexibility index (Phi) is 4.48. The zero-order chi connectivity index (χ0) is 12.8. The average molecular weight is 241 g/mol. The topological polar surface area (TPSA) is 29.1 Å². The fourth-order valence-electron chi connectivity index (χ4n) is 2.13. The van der Waals surface area contributed by atoms with Gasteiger partial charge in [-0.05, 0) is 36.2 Å². The molecule has 0 amide bonds. The molecular weight excluding hydrogens is 222 g/mol. The zero-order valence-corrected chi connectivity index (χ0v) is 10.8. The molecule has 0 unspecified atom stereocenters. The van der Waals surface area contributed by atoms with Crippen LogP contribution in [0.4, 0.5) is 0 Å². The summed E-state index contributed by atoms with van der Waals surface area (Å²) in [7, 11) is 0. The maximum absolute atomic E-state index is 10.8. The first-order valence-electron chi connectivity index (χ1n) is 6.44. The van der Waals surface area contributed by atoms with Gasteiger partial charge in [0.1, 0.15) is 5.78 Å². The third-order valence-corrected chi connectivity index (χ3v) is 3.08. The predicted octanol–water partition coefficient (Wildman–Crippen LogP) is 3.30. The van der Waals surface area contributed by atoms with E-state index in [0.29, 0.717) is 6.42 Å². The molecule has 94 valence electrons. The minimum Gasteiger partial charge on any atom is -0.313 e. The lowest BCUT2D eigenvalue weighted by Gasteiger charge is -2.07. The first-order valence-corrected chi connectivity index (χ1v) is 6.44. The Balaban J connectivity index is 1.93. The maximum Gasteiger partial charge on any atom is 0.129 e. The standard InChI is InChI=1S/C16H19NO/c1-13(18)6-5-11-17-12-15-9-4-8-14-7-2-3-10-16(14)15/h2-4,7-10,17H,5-6,11-12H2,1H3. The molecule has 0 fully saturated rings. The van der Waals surface area contributed by atoms with Gasteiger partial charge in [-0.15, -0.1) is 0 Å². The summed E-state index contributed by atoms with van der Waals surface area (Å²) in [6, 6.07) is 14.8. The second kappa shape index (κ2) is 6.31. The third-order valence-electron chi connectivity index (χ3n) is 3.08. The molecule has 2 aromatic carbocycles. The van der Waals surface area contributed by atoms with Crippen LogP contribution >= 0.6 is 0 Å². The normalized spacial score (nSPS) is 10.7. The summed E-state index contributed by atoms with van der Waals surface area (Å²) >= 11 is 0. The molecule has 0 radical (unpaired) electrons. The van der Waals surface area contributed by atoms with Gasteiger partial charge in [0.2, 0.25) is 0 Å². The van der Waals surface area contributed by atoms with E-state index in [0.717, 1.165) is 19.5 Å². The number of carbonyl (C=O) groups excluding carboxylic acids is 1. The van der Waals surface area contributed by atoms with Gasteiger partial charge >= 0.3 is 0 Å². The van der Waals surface area contributed by atoms with Crippen molar-refractivity contribution in [3.8, 4) is 0 Å². The van der Waals surface area contributed by atoms with Crippen LogP contribution in [0.15, 0.2) is 42.5 Å². The first kappa shape index (κ1) is 12.8. The molecule has 0 saturated carbocycles. The van der Waals surface area contributed by atoms with Crippen molar-refractivity contribution in [1.82, 2.24) is 5.32 Å². The van der Waals surface area contributed by atoms with Crippen molar-refractivity contribution in [2.75, 3.05) is 6.54 Å². The Bertz CT molecular complexity index is 528. The van der Waals surface area contributed by atoms with E-state index in [9.17, 15) is 4.79 Å². The van der Waals surface area contributed by atoms with Gasteiger partial charge in [0.15, 0.2) is 0 Å². The monoisotopic (exact) mass is 241 g/mol. The lowest BCUT2D eigenvalue weighted by molar-refractivity contribution is -0.117. The fraction of sp³-hybridized carbons (Fsp3) is 0.312. The van der Waals surface area contributed by atoms with Crippen LogP contribution in [0.5, 0.6) is 0 Å². The van der Waals surface area contributed by atoms with Crippen LogP contribution in [0, 0.1) is 0 Å². The first-order chi connectivity index (χ1) is 8.77. The van der Waals surface area contributed by atoms with Crippen molar-refractivity contribution in [3.05, 3.63) is 48.0 Å². The van der Waals surface area contributed by atoms with E-state index in [1.807, 2.05) is 0 Å². The lowest BCUT2D eigenvalue weighted by atomic mass is 10.0. The highest BCUT2D eigenvalue weighted by Gasteiger charge is 1.99. The number of Topliss-reactive ketones (excluding diaryl/α,β-unsaturated/α-hetero) is 1. The van der Waals surface area contributed by atoms with Gasteiger partial charge in [0, 0.05) is 13.0 Å². The van der Waals surface area contributed by atoms with E-state index in [1.165, 1.54) is 16.3 Å². The van der Waals surface area contributed by atoms with Crippen LogP contribution in [-0.4, -0.2) is 12.3 Å². The van der Waals surface area contributed by atoms with Crippen molar-refractivity contribution in [2.24, 2.45) is 0 Å². The van der Waals surface area contributed by atoms with Crippen LogP contribution in [0.1, 0.15) is 25.3 Å². The fourth-order valence-corrected chi connectivity index (χ4v) is 2.13. The molecule has 0 spiro atoms. The Morgan fingerprint density at radius 3 is 2.72 bits per heavy atom. The molecular formula is C16H19NO. The number of benzene rings is 2. The number of hydrogen-bond acceptors (Lipinski definition) is 2. The number of fused-ring (bicyclic) bond motifs is 1. The highest BCUT2D eigenvalue weighted by atomic mass is 16.1. The zero-order valence-electron chi connectivity index (χ0n) is 10.8. The molecule has 18 heavy (non-hydrogen) atoms. The van der Waals surface area contributed by atoms with Crippen LogP contribution in [-0.2, 0) is 11.3 Å². The summed E-state index contributed by atoms with van der Waals surface area (Å²) in [6.07, 6.45) is 1.59. The number of carbonyl (C=O) groups is 1. The van der Waals surface area contributed by atoms with E-state index in [2.05, 4.69) is 47.8 Å². The molecule has 1 N–H and O–H groups in total. The number of nitrogens with one attached hydrogen (secondary N) is 1. The molecule has 0 bridgehead atoms. The van der Waals surface area contributed by atoms with E-state index in [4.69, 9.17) is 0 Å². The largest absolute Gasteiger partial charge is 0.313 e. The molecule has 2 nitrogen and oxygen atoms in total. The molecule has 0 aromatic heterocycles. The molecule has 0 heterocycles. The van der Waals surface area contributed by atoms with Crippen LogP contribution < -0.4 is 5.32 Å². The highest BCUT2D eigenvalue weighted by Crippen LogP contribution is 2.18. The third kappa shape index (κ3) is 3.41. The maximum atomic E-state index is 10.8. The average Bonchev–Trinajstić information content (AvgIpc) is 2.38. The molecule has 2 aromatic rings. The summed E-state index contributed by atoms with van der Waals surface area (Å²) in [6.45, 7) is 3.40. The van der Waals surface area contributed by atoms with E-state index < -0.39 is 0 Å². The summed E-state index contributed by atoms with van der Waals surface area (Å²) in [4.78, 5) is 10.8. The van der Waals surface area contributed by atoms with Crippen LogP contribution in [0.25, 0.3) is 10.8 Å². The van der Waals surface area contributed by atoms with Gasteiger partial charge in [-0.3, -0.25) is 0 Å². The smallest absolute Gasteiger partial charge is 0.129 e. The summed E-state index contributed by atoms with van der Waals surface area (Å²) in [5, 5.41) is 5.98. The van der Waals surface area contributed by atoms with Gasteiger partial charge in [-0.25, -0.2) is 0 Å². The van der Waals surface area contributed by atoms with E-state index in [-0.39, 0.29) is 5.78 Å². The lowest BCUT2D eigenvalue weighted by Crippen LogP contribution is -2.15. The Hall–Kier alpha value is -1.67. The molecule has 0 atom stereocenters. The summed E-state index contributed by atoms with van der Waals surface area (Å²) < 4.78 is 0. The minimum absolute atomic E-state index is 0.266. The van der Waals surface area contributed by atoms with Crippen molar-refractivity contribution < 1.29 is 4.79 Å². The van der Waals surface area contributed by atoms with Crippen LogP contribution in [0.2, 0.25) is 0 Å². The summed E-state index contributed by atoms with van der Waals surface area (Å²) in [5.74, 6) is 0.266. The molecule has 2 heteroatoms. The predicted molar refractivity (Wildman–Crippen MR) is 75.6 cm³/mol. The molecule has 0 aliphatic heterocycles. The van der Waals surface area contributed by atoms with Gasteiger partial charge in [0.25, 0.3) is 0 Å². The Labute approximate surface area is 108 Å². The van der Waals surface area contributed by atoms with Crippen LogP contribution in [0.3, 0.4) is 0 Å². The molecule has 0 aliphatic carbocycles. The van der Waals surface area contributed by atoms with Gasteiger partial charge in [-0.2, -0.15) is 0 Å². The van der Waals surface area contributed by atoms with Gasteiger partial charge in [0.05, 0.1) is 0 Å². The van der Waals surface area contributed by atoms with Gasteiger partial charge in [-0.1, -0.05) is 42.5 Å². The Morgan fingerprint density at radius 1 is 1.11 bits per heavy atom. The van der Waals surface area contributed by atoms with E-state index >= 15 is 0 Å². The van der Waals surface area contributed by atoms with Crippen molar-refractivity contribution in [3.63, 3.8) is 0 Å². The quantitative estimate of drug-likeness (QED) is 0.786. The molecule has 0 saturated heterocycles. The number of rotatable bonds is 6. The highest BCUT2D eigenvalue weighted by molar-refractivity contribution is 5.85. The SMILES string of the molecule is CC(=O)CCCNCc1cccc2ccccc12. The number of ketones is 1. The summed E-state index contributed by atoms with van der Waals surface area (Å²) in [5.41, 5.74) is 1.32. The molecule has 2 rings (SSSR count). The van der Waals surface area contributed by atoms with Gasteiger partial charge < -0.3 is 10.1 Å². The Morgan fingerprint density at radius 2 is 1.89 bits per heavy atom. The van der Waals surface area contributed by atoms with Crippen molar-refractivity contribution >= 4 is 16.6 Å². The second-order valence-electron chi connectivity index (χ2n) is 4.62. The van der Waals surface area contributed by atoms with E-state index in [1.54, 1.807) is 6.92 Å². The number of hydrogen-bond donors (Lipinski definition) is 1. The second-order valence-corrected chi connectivity index (χ2v) is 4.62. The molecule has 0 aliphatic rings. The van der Waals surface area contributed by atoms with Crippen molar-refractivity contribution in [2.45, 2.75) is 26.3 Å².